The summed E-state index contributed by atoms with van der Waals surface area (Å²) >= 11 is 0. The van der Waals surface area contributed by atoms with Crippen LogP contribution in [-0.4, -0.2) is 34.3 Å². The fourth-order valence-electron chi connectivity index (χ4n) is 1.43. The van der Waals surface area contributed by atoms with Crippen molar-refractivity contribution >= 4 is 15.9 Å². The zero-order valence-corrected chi connectivity index (χ0v) is 13.0. The molecule has 0 amide bonds. The van der Waals surface area contributed by atoms with Gasteiger partial charge in [0.15, 0.2) is 8.32 Å². The Morgan fingerprint density at radius 1 is 1.00 bits per heavy atom. The van der Waals surface area contributed by atoms with Crippen LogP contribution in [0.15, 0.2) is 0 Å². The van der Waals surface area contributed by atoms with Crippen molar-refractivity contribution in [2.45, 2.75) is 39.9 Å². The fraction of sp³-hybridized carbons (Fsp3) is 1.00. The zero-order chi connectivity index (χ0) is 12.7. The first-order valence-corrected chi connectivity index (χ1v) is 10.8. The van der Waals surface area contributed by atoms with Crippen LogP contribution < -0.4 is 0 Å². The van der Waals surface area contributed by atoms with E-state index in [2.05, 4.69) is 13.1 Å². The Morgan fingerprint density at radius 3 is 1.88 bits per heavy atom. The summed E-state index contributed by atoms with van der Waals surface area (Å²) in [4.78, 5) is 0. The van der Waals surface area contributed by atoms with Crippen molar-refractivity contribution in [3.8, 4) is 0 Å². The van der Waals surface area contributed by atoms with Gasteiger partial charge < -0.3 is 13.5 Å². The highest BCUT2D eigenvalue weighted by Gasteiger charge is 2.30. The molecule has 0 saturated heterocycles. The molecule has 0 aromatic heterocycles. The van der Waals surface area contributed by atoms with E-state index in [1.54, 1.807) is 0 Å². The average molecular weight is 268 g/mol. The molecular formula is C10H25O4PSi. The third-order valence-electron chi connectivity index (χ3n) is 2.17. The summed E-state index contributed by atoms with van der Waals surface area (Å²) in [6.45, 7) is 11.5. The first-order valence-electron chi connectivity index (χ1n) is 5.91. The Morgan fingerprint density at radius 2 is 1.50 bits per heavy atom. The lowest BCUT2D eigenvalue weighted by Gasteiger charge is -2.24. The van der Waals surface area contributed by atoms with E-state index in [1.165, 1.54) is 0 Å². The van der Waals surface area contributed by atoms with Crippen LogP contribution in [0.1, 0.15) is 20.8 Å². The van der Waals surface area contributed by atoms with Crippen molar-refractivity contribution in [2.24, 2.45) is 0 Å². The van der Waals surface area contributed by atoms with Crippen molar-refractivity contribution in [3.05, 3.63) is 0 Å². The minimum Gasteiger partial charge on any atom is -0.418 e. The fourth-order valence-corrected chi connectivity index (χ4v) is 6.72. The predicted molar refractivity (Wildman–Crippen MR) is 69.6 cm³/mol. The lowest BCUT2D eigenvalue weighted by Crippen LogP contribution is -2.31. The topological polar surface area (TPSA) is 44.8 Å². The highest BCUT2D eigenvalue weighted by atomic mass is 31.2. The molecule has 98 valence electrons. The summed E-state index contributed by atoms with van der Waals surface area (Å²) in [5, 5.41) is 0. The van der Waals surface area contributed by atoms with E-state index in [0.29, 0.717) is 26.0 Å². The van der Waals surface area contributed by atoms with Gasteiger partial charge in [0.2, 0.25) is 0 Å². The summed E-state index contributed by atoms with van der Waals surface area (Å²) in [6, 6.07) is 0.804. The van der Waals surface area contributed by atoms with Crippen LogP contribution in [-0.2, 0) is 18.0 Å². The van der Waals surface area contributed by atoms with Crippen molar-refractivity contribution in [1.29, 1.82) is 0 Å². The van der Waals surface area contributed by atoms with Crippen molar-refractivity contribution in [2.75, 3.05) is 26.0 Å². The molecule has 0 unspecified atom stereocenters. The van der Waals surface area contributed by atoms with Gasteiger partial charge in [0.25, 0.3) is 0 Å². The standard InChI is InChI=1S/C10H25O4PSi/c1-6-12-15(11,13-7-2)9-10-16(4,5)14-8-3/h6-10H2,1-5H3. The summed E-state index contributed by atoms with van der Waals surface area (Å²) in [7, 11) is -4.59. The molecule has 0 bridgehead atoms. The van der Waals surface area contributed by atoms with Crippen LogP contribution in [0.3, 0.4) is 0 Å². The molecule has 4 nitrogen and oxygen atoms in total. The molecule has 0 fully saturated rings. The van der Waals surface area contributed by atoms with E-state index >= 15 is 0 Å². The van der Waals surface area contributed by atoms with Gasteiger partial charge in [0, 0.05) is 12.8 Å². The van der Waals surface area contributed by atoms with Crippen molar-refractivity contribution in [1.82, 2.24) is 0 Å². The van der Waals surface area contributed by atoms with Gasteiger partial charge in [0.05, 0.1) is 13.2 Å². The van der Waals surface area contributed by atoms with Crippen molar-refractivity contribution < 1.29 is 18.0 Å². The van der Waals surface area contributed by atoms with Crippen LogP contribution in [0.2, 0.25) is 19.1 Å². The molecular weight excluding hydrogens is 243 g/mol. The van der Waals surface area contributed by atoms with Gasteiger partial charge in [-0.1, -0.05) is 0 Å². The minimum absolute atomic E-state index is 0.425. The second-order valence-electron chi connectivity index (χ2n) is 4.11. The Balaban J connectivity index is 4.26. The molecule has 0 atom stereocenters. The summed E-state index contributed by atoms with van der Waals surface area (Å²) in [6.07, 6.45) is 0.466. The molecule has 0 aromatic rings. The Kier molecular flexibility index (Phi) is 7.77. The van der Waals surface area contributed by atoms with Gasteiger partial charge in [-0.25, -0.2) is 0 Å². The Hall–Kier alpha value is 0.327. The van der Waals surface area contributed by atoms with Gasteiger partial charge in [-0.05, 0) is 39.9 Å². The highest BCUT2D eigenvalue weighted by molar-refractivity contribution is 7.54. The van der Waals surface area contributed by atoms with Gasteiger partial charge >= 0.3 is 7.60 Å². The van der Waals surface area contributed by atoms with E-state index in [9.17, 15) is 4.57 Å². The van der Waals surface area contributed by atoms with Crippen LogP contribution in [0.5, 0.6) is 0 Å². The molecule has 16 heavy (non-hydrogen) atoms. The lowest BCUT2D eigenvalue weighted by molar-refractivity contribution is 0.220. The van der Waals surface area contributed by atoms with Crippen LogP contribution in [0.4, 0.5) is 0 Å². The highest BCUT2D eigenvalue weighted by Crippen LogP contribution is 2.49. The molecule has 0 aromatic carbocycles. The molecule has 0 heterocycles. The van der Waals surface area contributed by atoms with E-state index in [1.807, 2.05) is 20.8 Å². The molecule has 0 aliphatic rings. The summed E-state index contributed by atoms with van der Waals surface area (Å²) in [5.74, 6) is 0. The maximum atomic E-state index is 12.2. The Labute approximate surface area is 100 Å². The molecule has 0 radical (unpaired) electrons. The van der Waals surface area contributed by atoms with Gasteiger partial charge in [-0.15, -0.1) is 0 Å². The van der Waals surface area contributed by atoms with Crippen molar-refractivity contribution in [3.63, 3.8) is 0 Å². The quantitative estimate of drug-likeness (QED) is 0.474. The van der Waals surface area contributed by atoms with E-state index in [0.717, 1.165) is 6.04 Å². The minimum atomic E-state index is -2.88. The summed E-state index contributed by atoms with van der Waals surface area (Å²) < 4.78 is 28.4. The van der Waals surface area contributed by atoms with Crippen LogP contribution in [0, 0.1) is 0 Å². The first kappa shape index (κ1) is 16.3. The third-order valence-corrected chi connectivity index (χ3v) is 7.19. The van der Waals surface area contributed by atoms with E-state index in [-0.39, 0.29) is 0 Å². The predicted octanol–water partition coefficient (Wildman–Crippen LogP) is 3.49. The average Bonchev–Trinajstić information content (AvgIpc) is 2.16. The Bertz CT molecular complexity index is 223. The molecule has 0 aliphatic heterocycles. The van der Waals surface area contributed by atoms with Gasteiger partial charge in [0.1, 0.15) is 0 Å². The largest absolute Gasteiger partial charge is 0.418 e. The molecule has 0 saturated carbocycles. The van der Waals surface area contributed by atoms with Crippen LogP contribution >= 0.6 is 7.60 Å². The smallest absolute Gasteiger partial charge is 0.330 e. The maximum Gasteiger partial charge on any atom is 0.330 e. The monoisotopic (exact) mass is 268 g/mol. The number of rotatable bonds is 9. The summed E-state index contributed by atoms with van der Waals surface area (Å²) in [5.41, 5.74) is 0. The van der Waals surface area contributed by atoms with E-state index < -0.39 is 15.9 Å². The van der Waals surface area contributed by atoms with E-state index in [4.69, 9.17) is 13.5 Å². The normalized spacial score (nSPS) is 13.1. The maximum absolute atomic E-state index is 12.2. The lowest BCUT2D eigenvalue weighted by atomic mass is 10.9. The van der Waals surface area contributed by atoms with Crippen LogP contribution in [0.25, 0.3) is 0 Å². The second kappa shape index (κ2) is 7.61. The SMILES string of the molecule is CCO[Si](C)(C)CCP(=O)(OCC)OCC. The first-order chi connectivity index (χ1) is 7.39. The zero-order valence-electron chi connectivity index (χ0n) is 11.1. The second-order valence-corrected chi connectivity index (χ2v) is 10.6. The van der Waals surface area contributed by atoms with Gasteiger partial charge in [-0.3, -0.25) is 4.57 Å². The van der Waals surface area contributed by atoms with Gasteiger partial charge in [-0.2, -0.15) is 0 Å². The molecule has 0 rings (SSSR count). The molecule has 0 aliphatic carbocycles. The number of hydrogen-bond acceptors (Lipinski definition) is 4. The molecule has 0 N–H and O–H groups in total. The third kappa shape index (κ3) is 6.81. The number of hydrogen-bond donors (Lipinski definition) is 0. The molecule has 6 heteroatoms. The molecule has 0 spiro atoms.